The van der Waals surface area contributed by atoms with Gasteiger partial charge in [-0.15, -0.1) is 0 Å². The van der Waals surface area contributed by atoms with Crippen molar-refractivity contribution < 1.29 is 0 Å². The average Bonchev–Trinajstić information content (AvgIpc) is 2.57. The highest BCUT2D eigenvalue weighted by molar-refractivity contribution is 5.71. The average molecular weight is 322 g/mol. The van der Waals surface area contributed by atoms with Crippen LogP contribution in [0, 0.1) is 12.8 Å². The van der Waals surface area contributed by atoms with Gasteiger partial charge in [-0.05, 0) is 54.0 Å². The summed E-state index contributed by atoms with van der Waals surface area (Å²) in [5.41, 5.74) is 9.61. The second-order valence-electron chi connectivity index (χ2n) is 6.68. The number of hydrogen-bond acceptors (Lipinski definition) is 2. The lowest BCUT2D eigenvalue weighted by Crippen LogP contribution is -2.30. The lowest BCUT2D eigenvalue weighted by atomic mass is 9.98. The van der Waals surface area contributed by atoms with Crippen molar-refractivity contribution in [2.24, 2.45) is 5.92 Å². The molecule has 2 aromatic carbocycles. The van der Waals surface area contributed by atoms with Gasteiger partial charge in [0.25, 0.3) is 0 Å². The largest absolute Gasteiger partial charge is 0.285 e. The number of nitrogens with zero attached hydrogens (tertiary/aromatic N) is 1. The van der Waals surface area contributed by atoms with E-state index in [1.165, 1.54) is 27.9 Å². The van der Waals surface area contributed by atoms with E-state index in [2.05, 4.69) is 92.9 Å². The standard InChI is InChI=1S/C22H30N2/c1-6-7-14-24(23-5)22-16-21(11-8-18(22)4)20-12-9-19(10-13-20)15-17(2)3/h7-14,16-17,23H,6,15H2,1-5H3/b14-7-. The van der Waals surface area contributed by atoms with Crippen LogP contribution in [0.2, 0.25) is 0 Å². The third-order valence-electron chi connectivity index (χ3n) is 4.13. The van der Waals surface area contributed by atoms with Gasteiger partial charge in [-0.25, -0.2) is 5.43 Å². The maximum atomic E-state index is 3.25. The Hall–Kier alpha value is -2.06. The second kappa shape index (κ2) is 8.70. The number of nitrogens with one attached hydrogen (secondary N) is 1. The molecule has 0 aliphatic rings. The Balaban J connectivity index is 2.31. The van der Waals surface area contributed by atoms with Gasteiger partial charge in [0.1, 0.15) is 0 Å². The van der Waals surface area contributed by atoms with Gasteiger partial charge in [0.05, 0.1) is 5.69 Å². The van der Waals surface area contributed by atoms with E-state index >= 15 is 0 Å². The highest BCUT2D eigenvalue weighted by Gasteiger charge is 2.08. The normalized spacial score (nSPS) is 11.4. The molecular formula is C22H30N2. The highest BCUT2D eigenvalue weighted by atomic mass is 15.5. The molecule has 0 radical (unpaired) electrons. The van der Waals surface area contributed by atoms with Crippen molar-refractivity contribution >= 4 is 5.69 Å². The van der Waals surface area contributed by atoms with E-state index in [1.54, 1.807) is 0 Å². The molecule has 0 aromatic heterocycles. The molecule has 2 nitrogen and oxygen atoms in total. The van der Waals surface area contributed by atoms with Crippen molar-refractivity contribution in [3.8, 4) is 11.1 Å². The van der Waals surface area contributed by atoms with Gasteiger partial charge in [-0.3, -0.25) is 5.01 Å². The third kappa shape index (κ3) is 4.72. The summed E-state index contributed by atoms with van der Waals surface area (Å²) in [7, 11) is 1.95. The Morgan fingerprint density at radius 3 is 2.29 bits per heavy atom. The Labute approximate surface area is 147 Å². The van der Waals surface area contributed by atoms with E-state index in [0.29, 0.717) is 5.92 Å². The van der Waals surface area contributed by atoms with Crippen LogP contribution in [-0.2, 0) is 6.42 Å². The highest BCUT2D eigenvalue weighted by Crippen LogP contribution is 2.28. The zero-order valence-corrected chi connectivity index (χ0v) is 15.6. The first kappa shape index (κ1) is 18.3. The quantitative estimate of drug-likeness (QED) is 0.655. The number of hydrogen-bond donors (Lipinski definition) is 1. The van der Waals surface area contributed by atoms with E-state index in [4.69, 9.17) is 0 Å². The molecule has 0 aliphatic carbocycles. The monoisotopic (exact) mass is 322 g/mol. The fourth-order valence-electron chi connectivity index (χ4n) is 2.84. The van der Waals surface area contributed by atoms with Gasteiger partial charge in [0.15, 0.2) is 0 Å². The van der Waals surface area contributed by atoms with E-state index in [-0.39, 0.29) is 0 Å². The van der Waals surface area contributed by atoms with Crippen molar-refractivity contribution in [2.75, 3.05) is 12.1 Å². The lowest BCUT2D eigenvalue weighted by Gasteiger charge is -2.22. The third-order valence-corrected chi connectivity index (χ3v) is 4.13. The first-order valence-electron chi connectivity index (χ1n) is 8.88. The Morgan fingerprint density at radius 2 is 1.71 bits per heavy atom. The van der Waals surface area contributed by atoms with E-state index in [1.807, 2.05) is 7.05 Å². The van der Waals surface area contributed by atoms with Crippen LogP contribution >= 0.6 is 0 Å². The SMILES string of the molecule is CC/C=C\N(NC)c1cc(-c2ccc(CC(C)C)cc2)ccc1C. The van der Waals surface area contributed by atoms with Gasteiger partial charge in [0.2, 0.25) is 0 Å². The number of aryl methyl sites for hydroxylation is 1. The molecule has 0 saturated carbocycles. The Kier molecular flexibility index (Phi) is 6.62. The smallest absolute Gasteiger partial charge is 0.0605 e. The van der Waals surface area contributed by atoms with Crippen molar-refractivity contribution in [3.05, 3.63) is 65.9 Å². The summed E-state index contributed by atoms with van der Waals surface area (Å²) < 4.78 is 0. The lowest BCUT2D eigenvalue weighted by molar-refractivity contribution is 0.647. The van der Waals surface area contributed by atoms with Crippen LogP contribution in [-0.4, -0.2) is 7.05 Å². The van der Waals surface area contributed by atoms with Gasteiger partial charge in [-0.1, -0.05) is 63.2 Å². The molecule has 0 heterocycles. The van der Waals surface area contributed by atoms with Crippen LogP contribution in [0.5, 0.6) is 0 Å². The molecule has 128 valence electrons. The molecule has 0 aliphatic heterocycles. The van der Waals surface area contributed by atoms with Crippen molar-refractivity contribution in [2.45, 2.75) is 40.5 Å². The van der Waals surface area contributed by atoms with Gasteiger partial charge < -0.3 is 0 Å². The molecule has 0 atom stereocenters. The number of hydrazine groups is 1. The minimum Gasteiger partial charge on any atom is -0.285 e. The first-order valence-corrected chi connectivity index (χ1v) is 8.88. The summed E-state index contributed by atoms with van der Waals surface area (Å²) in [5.74, 6) is 0.691. The minimum absolute atomic E-state index is 0.691. The van der Waals surface area contributed by atoms with E-state index in [9.17, 15) is 0 Å². The van der Waals surface area contributed by atoms with Gasteiger partial charge in [0, 0.05) is 13.2 Å². The van der Waals surface area contributed by atoms with Crippen molar-refractivity contribution in [1.29, 1.82) is 0 Å². The van der Waals surface area contributed by atoms with Crippen molar-refractivity contribution in [3.63, 3.8) is 0 Å². The minimum atomic E-state index is 0.691. The van der Waals surface area contributed by atoms with Gasteiger partial charge >= 0.3 is 0 Å². The molecule has 24 heavy (non-hydrogen) atoms. The summed E-state index contributed by atoms with van der Waals surface area (Å²) in [4.78, 5) is 0. The van der Waals surface area contributed by atoms with Crippen LogP contribution in [0.15, 0.2) is 54.7 Å². The number of allylic oxidation sites excluding steroid dienone is 1. The molecule has 0 saturated heterocycles. The topological polar surface area (TPSA) is 15.3 Å². The fourth-order valence-corrected chi connectivity index (χ4v) is 2.84. The van der Waals surface area contributed by atoms with Crippen LogP contribution in [0.3, 0.4) is 0 Å². The number of rotatable bonds is 7. The number of benzene rings is 2. The summed E-state index contributed by atoms with van der Waals surface area (Å²) in [6.45, 7) is 8.81. The molecule has 2 aromatic rings. The summed E-state index contributed by atoms with van der Waals surface area (Å²) in [6, 6.07) is 15.6. The molecule has 0 bridgehead atoms. The van der Waals surface area contributed by atoms with Crippen molar-refractivity contribution in [1.82, 2.24) is 5.43 Å². The predicted octanol–water partition coefficient (Wildman–Crippen LogP) is 5.73. The van der Waals surface area contributed by atoms with E-state index in [0.717, 1.165) is 12.8 Å². The second-order valence-corrected chi connectivity index (χ2v) is 6.68. The van der Waals surface area contributed by atoms with Crippen LogP contribution < -0.4 is 10.4 Å². The zero-order valence-electron chi connectivity index (χ0n) is 15.6. The zero-order chi connectivity index (χ0) is 17.5. The molecule has 2 heteroatoms. The van der Waals surface area contributed by atoms with Gasteiger partial charge in [-0.2, -0.15) is 0 Å². The van der Waals surface area contributed by atoms with Crippen LogP contribution in [0.4, 0.5) is 5.69 Å². The summed E-state index contributed by atoms with van der Waals surface area (Å²) in [6.07, 6.45) is 6.41. The maximum absolute atomic E-state index is 3.25. The summed E-state index contributed by atoms with van der Waals surface area (Å²) in [5, 5.41) is 2.08. The molecule has 2 rings (SSSR count). The first-order chi connectivity index (χ1) is 11.5. The molecule has 0 fully saturated rings. The Morgan fingerprint density at radius 1 is 1.04 bits per heavy atom. The summed E-state index contributed by atoms with van der Waals surface area (Å²) >= 11 is 0. The molecule has 0 amide bonds. The fraction of sp³-hybridized carbons (Fsp3) is 0.364. The Bertz CT molecular complexity index is 669. The molecule has 0 spiro atoms. The molecule has 0 unspecified atom stereocenters. The van der Waals surface area contributed by atoms with E-state index < -0.39 is 0 Å². The maximum Gasteiger partial charge on any atom is 0.0605 e. The van der Waals surface area contributed by atoms with Crippen LogP contribution in [0.1, 0.15) is 38.3 Å². The number of anilines is 1. The molecule has 1 N–H and O–H groups in total. The predicted molar refractivity (Wildman–Crippen MR) is 106 cm³/mol. The molecular weight excluding hydrogens is 292 g/mol. The van der Waals surface area contributed by atoms with Crippen LogP contribution in [0.25, 0.3) is 11.1 Å².